The molecule has 0 radical (unpaired) electrons. The number of nitrogens with zero attached hydrogens (tertiary/aromatic N) is 1. The number of carbonyl (C=O) groups is 2. The summed E-state index contributed by atoms with van der Waals surface area (Å²) in [6, 6.07) is 1.36. The molecule has 0 aliphatic carbocycles. The van der Waals surface area contributed by atoms with Crippen LogP contribution in [0.3, 0.4) is 0 Å². The molecule has 108 valence electrons. The van der Waals surface area contributed by atoms with Crippen LogP contribution in [0.15, 0.2) is 12.1 Å². The topological polar surface area (TPSA) is 153 Å². The number of nitrogens with two attached hydrogens (primary N) is 2. The van der Waals surface area contributed by atoms with E-state index in [-0.39, 0.29) is 35.1 Å². The molecule has 9 nitrogen and oxygen atoms in total. The van der Waals surface area contributed by atoms with Crippen LogP contribution in [0, 0.1) is 10.1 Å². The molecule has 0 aromatic heterocycles. The van der Waals surface area contributed by atoms with Gasteiger partial charge in [0.25, 0.3) is 11.6 Å². The number of amides is 3. The van der Waals surface area contributed by atoms with Gasteiger partial charge in [-0.15, -0.1) is 0 Å². The number of nitrogen functional groups attached to an aromatic ring is 1. The van der Waals surface area contributed by atoms with Gasteiger partial charge in [0.05, 0.1) is 21.2 Å². The molecule has 20 heavy (non-hydrogen) atoms. The molecule has 6 N–H and O–H groups in total. The fraction of sp³-hybridized carbons (Fsp3) is 0.200. The van der Waals surface area contributed by atoms with E-state index in [2.05, 4.69) is 10.6 Å². The van der Waals surface area contributed by atoms with Crippen LogP contribution in [0.4, 0.5) is 16.2 Å². The van der Waals surface area contributed by atoms with Gasteiger partial charge >= 0.3 is 6.03 Å². The fourth-order valence-corrected chi connectivity index (χ4v) is 1.57. The van der Waals surface area contributed by atoms with Gasteiger partial charge in [-0.25, -0.2) is 4.79 Å². The molecular weight excluding hydrogens is 290 g/mol. The summed E-state index contributed by atoms with van der Waals surface area (Å²) in [5, 5.41) is 15.3. The minimum absolute atomic E-state index is 0.0578. The number of benzene rings is 1. The lowest BCUT2D eigenvalue weighted by molar-refractivity contribution is -0.384. The van der Waals surface area contributed by atoms with Crippen molar-refractivity contribution in [1.82, 2.24) is 10.6 Å². The molecule has 0 bridgehead atoms. The Labute approximate surface area is 118 Å². The van der Waals surface area contributed by atoms with Gasteiger partial charge in [-0.3, -0.25) is 14.9 Å². The highest BCUT2D eigenvalue weighted by Crippen LogP contribution is 2.28. The van der Waals surface area contributed by atoms with Crippen molar-refractivity contribution in [2.75, 3.05) is 18.8 Å². The van der Waals surface area contributed by atoms with Gasteiger partial charge in [-0.2, -0.15) is 0 Å². The number of nitro groups is 1. The zero-order valence-electron chi connectivity index (χ0n) is 10.2. The largest absolute Gasteiger partial charge is 0.397 e. The number of rotatable bonds is 5. The third-order valence-corrected chi connectivity index (χ3v) is 2.59. The highest BCUT2D eigenvalue weighted by Gasteiger charge is 2.18. The molecule has 0 atom stereocenters. The van der Waals surface area contributed by atoms with Crippen molar-refractivity contribution in [1.29, 1.82) is 0 Å². The lowest BCUT2D eigenvalue weighted by atomic mass is 10.1. The average Bonchev–Trinajstić information content (AvgIpc) is 2.36. The maximum Gasteiger partial charge on any atom is 0.312 e. The van der Waals surface area contributed by atoms with Crippen molar-refractivity contribution in [3.8, 4) is 0 Å². The van der Waals surface area contributed by atoms with Crippen LogP contribution < -0.4 is 22.1 Å². The molecule has 0 fully saturated rings. The SMILES string of the molecule is NC(=O)NCCNC(=O)c1cc([N+](=O)[O-])cc(Cl)c1N. The van der Waals surface area contributed by atoms with Crippen molar-refractivity contribution in [2.45, 2.75) is 0 Å². The number of halogens is 1. The predicted molar refractivity (Wildman–Crippen MR) is 72.4 cm³/mol. The summed E-state index contributed by atoms with van der Waals surface area (Å²) >= 11 is 5.73. The Morgan fingerprint density at radius 2 is 1.90 bits per heavy atom. The first-order valence-electron chi connectivity index (χ1n) is 5.38. The summed E-state index contributed by atoms with van der Waals surface area (Å²) in [7, 11) is 0. The standard InChI is InChI=1S/C10H12ClN5O4/c11-7-4-5(16(19)20)3-6(8(7)12)9(17)14-1-2-15-10(13)18/h3-4H,1-2,12H2,(H,14,17)(H3,13,15,18). The molecule has 1 aromatic carbocycles. The smallest absolute Gasteiger partial charge is 0.312 e. The second kappa shape index (κ2) is 6.57. The van der Waals surface area contributed by atoms with Crippen LogP contribution in [0.2, 0.25) is 5.02 Å². The zero-order valence-corrected chi connectivity index (χ0v) is 10.9. The summed E-state index contributed by atoms with van der Waals surface area (Å²) in [6.07, 6.45) is 0. The lowest BCUT2D eigenvalue weighted by Crippen LogP contribution is -2.37. The van der Waals surface area contributed by atoms with Gasteiger partial charge in [0.1, 0.15) is 0 Å². The lowest BCUT2D eigenvalue weighted by Gasteiger charge is -2.09. The summed E-state index contributed by atoms with van der Waals surface area (Å²) in [6.45, 7) is 0.200. The molecule has 1 aromatic rings. The molecule has 10 heteroatoms. The molecule has 0 aliphatic rings. The van der Waals surface area contributed by atoms with E-state index < -0.39 is 16.9 Å². The maximum absolute atomic E-state index is 11.8. The van der Waals surface area contributed by atoms with Crippen molar-refractivity contribution >= 4 is 34.9 Å². The first-order chi connectivity index (χ1) is 9.32. The number of nitro benzene ring substituents is 1. The van der Waals surface area contributed by atoms with Crippen LogP contribution in [-0.2, 0) is 0 Å². The summed E-state index contributed by atoms with van der Waals surface area (Å²) in [5.41, 5.74) is 9.93. The number of hydrogen-bond donors (Lipinski definition) is 4. The number of carbonyl (C=O) groups excluding carboxylic acids is 2. The van der Waals surface area contributed by atoms with Crippen molar-refractivity contribution in [3.05, 3.63) is 32.8 Å². The summed E-state index contributed by atoms with van der Waals surface area (Å²) in [4.78, 5) is 32.2. The van der Waals surface area contributed by atoms with E-state index in [4.69, 9.17) is 23.1 Å². The first-order valence-corrected chi connectivity index (χ1v) is 5.75. The van der Waals surface area contributed by atoms with Crippen molar-refractivity contribution in [2.24, 2.45) is 5.73 Å². The molecular formula is C10H12ClN5O4. The van der Waals surface area contributed by atoms with Crippen molar-refractivity contribution in [3.63, 3.8) is 0 Å². The predicted octanol–water partition coefficient (Wildman–Crippen LogP) is 0.229. The highest BCUT2D eigenvalue weighted by molar-refractivity contribution is 6.34. The Morgan fingerprint density at radius 1 is 1.30 bits per heavy atom. The van der Waals surface area contributed by atoms with Crippen LogP contribution in [0.1, 0.15) is 10.4 Å². The molecule has 0 saturated heterocycles. The molecule has 3 amide bonds. The van der Waals surface area contributed by atoms with Crippen LogP contribution >= 0.6 is 11.6 Å². The fourth-order valence-electron chi connectivity index (χ4n) is 1.35. The van der Waals surface area contributed by atoms with E-state index in [0.29, 0.717) is 0 Å². The average molecular weight is 302 g/mol. The van der Waals surface area contributed by atoms with Crippen LogP contribution in [0.5, 0.6) is 0 Å². The molecule has 0 aliphatic heterocycles. The number of primary amides is 1. The van der Waals surface area contributed by atoms with Gasteiger partial charge in [0.15, 0.2) is 0 Å². The Bertz CT molecular complexity index is 563. The Balaban J connectivity index is 2.81. The van der Waals surface area contributed by atoms with E-state index in [0.717, 1.165) is 12.1 Å². The Hall–Kier alpha value is -2.55. The van der Waals surface area contributed by atoms with Gasteiger partial charge < -0.3 is 22.1 Å². The Kier molecular flexibility index (Phi) is 5.09. The normalized spacial score (nSPS) is 9.85. The molecule has 0 unspecified atom stereocenters. The second-order valence-electron chi connectivity index (χ2n) is 3.69. The molecule has 0 saturated carbocycles. The molecule has 0 spiro atoms. The number of non-ortho nitro benzene ring substituents is 1. The van der Waals surface area contributed by atoms with Crippen LogP contribution in [-0.4, -0.2) is 30.0 Å². The summed E-state index contributed by atoms with van der Waals surface area (Å²) in [5.74, 6) is -0.639. The number of urea groups is 1. The minimum atomic E-state index is -0.725. The maximum atomic E-state index is 11.8. The number of anilines is 1. The summed E-state index contributed by atoms with van der Waals surface area (Å²) < 4.78 is 0. The first kappa shape index (κ1) is 15.5. The highest BCUT2D eigenvalue weighted by atomic mass is 35.5. The van der Waals surface area contributed by atoms with E-state index in [1.54, 1.807) is 0 Å². The van der Waals surface area contributed by atoms with Gasteiger partial charge in [-0.1, -0.05) is 11.6 Å². The third-order valence-electron chi connectivity index (χ3n) is 2.28. The van der Waals surface area contributed by atoms with Crippen molar-refractivity contribution < 1.29 is 14.5 Å². The van der Waals surface area contributed by atoms with E-state index in [9.17, 15) is 19.7 Å². The molecule has 0 heterocycles. The second-order valence-corrected chi connectivity index (χ2v) is 4.10. The van der Waals surface area contributed by atoms with E-state index >= 15 is 0 Å². The third kappa shape index (κ3) is 3.99. The monoisotopic (exact) mass is 301 g/mol. The van der Waals surface area contributed by atoms with Crippen LogP contribution in [0.25, 0.3) is 0 Å². The van der Waals surface area contributed by atoms with E-state index in [1.165, 1.54) is 0 Å². The van der Waals surface area contributed by atoms with Gasteiger partial charge in [0.2, 0.25) is 0 Å². The number of nitrogens with one attached hydrogen (secondary N) is 2. The quantitative estimate of drug-likeness (QED) is 0.265. The minimum Gasteiger partial charge on any atom is -0.397 e. The number of hydrogen-bond acceptors (Lipinski definition) is 5. The Morgan fingerprint density at radius 3 is 2.45 bits per heavy atom. The van der Waals surface area contributed by atoms with E-state index in [1.807, 2.05) is 0 Å². The van der Waals surface area contributed by atoms with Gasteiger partial charge in [0, 0.05) is 25.2 Å². The van der Waals surface area contributed by atoms with Gasteiger partial charge in [-0.05, 0) is 0 Å². The molecule has 1 rings (SSSR count). The zero-order chi connectivity index (χ0) is 15.3.